The second-order valence-electron chi connectivity index (χ2n) is 5.70. The van der Waals surface area contributed by atoms with Gasteiger partial charge in [0.1, 0.15) is 0 Å². The van der Waals surface area contributed by atoms with Crippen molar-refractivity contribution in [3.63, 3.8) is 0 Å². The topological polar surface area (TPSA) is 36.4 Å². The van der Waals surface area contributed by atoms with Gasteiger partial charge in [0, 0.05) is 20.1 Å². The number of hydrogen-bond acceptors (Lipinski definition) is 1. The fraction of sp³-hybridized carbons (Fsp3) is 0.929. The summed E-state index contributed by atoms with van der Waals surface area (Å²) in [5, 5.41) is 6.92. The quantitative estimate of drug-likeness (QED) is 0.423. The number of hydrogen-bond donors (Lipinski definition) is 2. The minimum absolute atomic E-state index is 0.627. The van der Waals surface area contributed by atoms with E-state index in [2.05, 4.69) is 22.5 Å². The zero-order valence-electron chi connectivity index (χ0n) is 11.4. The molecule has 2 aliphatic carbocycles. The molecule has 2 N–H and O–H groups in total. The van der Waals surface area contributed by atoms with Crippen LogP contribution in [0, 0.1) is 11.3 Å². The van der Waals surface area contributed by atoms with E-state index in [1.165, 1.54) is 44.9 Å². The first-order chi connectivity index (χ1) is 8.30. The van der Waals surface area contributed by atoms with Gasteiger partial charge >= 0.3 is 0 Å². The lowest BCUT2D eigenvalue weighted by Gasteiger charge is -2.43. The maximum absolute atomic E-state index is 4.30. The number of aliphatic imine (C=N–C) groups is 1. The summed E-state index contributed by atoms with van der Waals surface area (Å²) in [4.78, 5) is 4.30. The molecule has 3 nitrogen and oxygen atoms in total. The maximum atomic E-state index is 4.30. The normalized spacial score (nSPS) is 23.1. The third kappa shape index (κ3) is 3.14. The monoisotopic (exact) mass is 237 g/mol. The minimum Gasteiger partial charge on any atom is -0.356 e. The van der Waals surface area contributed by atoms with Crippen LogP contribution < -0.4 is 10.6 Å². The molecule has 0 aromatic carbocycles. The summed E-state index contributed by atoms with van der Waals surface area (Å²) in [6.45, 7) is 4.38. The smallest absolute Gasteiger partial charge is 0.190 e. The average molecular weight is 237 g/mol. The molecule has 0 unspecified atom stereocenters. The van der Waals surface area contributed by atoms with Gasteiger partial charge in [-0.05, 0) is 43.4 Å². The first-order valence-corrected chi connectivity index (χ1v) is 7.25. The second kappa shape index (κ2) is 5.74. The minimum atomic E-state index is 0.627. The summed E-state index contributed by atoms with van der Waals surface area (Å²) in [5.41, 5.74) is 0.627. The highest BCUT2D eigenvalue weighted by atomic mass is 15.2. The Hall–Kier alpha value is -0.730. The third-order valence-electron chi connectivity index (χ3n) is 4.45. The molecule has 0 saturated heterocycles. The summed E-state index contributed by atoms with van der Waals surface area (Å²) >= 11 is 0. The summed E-state index contributed by atoms with van der Waals surface area (Å²) in [6, 6.07) is 0. The van der Waals surface area contributed by atoms with Gasteiger partial charge in [0.15, 0.2) is 5.96 Å². The van der Waals surface area contributed by atoms with E-state index in [9.17, 15) is 0 Å². The van der Waals surface area contributed by atoms with Crippen LogP contribution in [0.5, 0.6) is 0 Å². The van der Waals surface area contributed by atoms with Crippen LogP contribution in [0.4, 0.5) is 0 Å². The maximum Gasteiger partial charge on any atom is 0.190 e. The lowest BCUT2D eigenvalue weighted by Crippen LogP contribution is -2.47. The third-order valence-corrected chi connectivity index (χ3v) is 4.45. The average Bonchev–Trinajstić information content (AvgIpc) is 3.10. The predicted molar refractivity (Wildman–Crippen MR) is 73.3 cm³/mol. The highest BCUT2D eigenvalue weighted by molar-refractivity contribution is 5.79. The van der Waals surface area contributed by atoms with Gasteiger partial charge in [-0.1, -0.05) is 19.8 Å². The van der Waals surface area contributed by atoms with Crippen LogP contribution in [0.25, 0.3) is 0 Å². The summed E-state index contributed by atoms with van der Waals surface area (Å²) < 4.78 is 0. The Bertz CT molecular complexity index is 265. The van der Waals surface area contributed by atoms with Crippen LogP contribution >= 0.6 is 0 Å². The largest absolute Gasteiger partial charge is 0.356 e. The molecule has 0 aliphatic heterocycles. The zero-order valence-corrected chi connectivity index (χ0v) is 11.4. The standard InChI is InChI=1S/C14H27N3/c1-3-4-10-16-13(15-2)17-11-14(8-5-9-14)12-6-7-12/h12H,3-11H2,1-2H3,(H2,15,16,17). The number of guanidine groups is 1. The molecule has 0 radical (unpaired) electrons. The Labute approximate surface area is 105 Å². The van der Waals surface area contributed by atoms with Crippen LogP contribution in [0.1, 0.15) is 51.9 Å². The lowest BCUT2D eigenvalue weighted by atomic mass is 9.65. The van der Waals surface area contributed by atoms with Crippen LogP contribution in [0.2, 0.25) is 0 Å². The van der Waals surface area contributed by atoms with Crippen molar-refractivity contribution in [2.75, 3.05) is 20.1 Å². The fourth-order valence-electron chi connectivity index (χ4n) is 2.92. The van der Waals surface area contributed by atoms with Crippen molar-refractivity contribution in [3.8, 4) is 0 Å². The number of unbranched alkanes of at least 4 members (excludes halogenated alkanes) is 1. The van der Waals surface area contributed by atoms with Crippen LogP contribution in [0.15, 0.2) is 4.99 Å². The number of nitrogens with one attached hydrogen (secondary N) is 2. The van der Waals surface area contributed by atoms with Gasteiger partial charge in [-0.3, -0.25) is 4.99 Å². The molecule has 0 amide bonds. The van der Waals surface area contributed by atoms with Crippen molar-refractivity contribution in [1.29, 1.82) is 0 Å². The van der Waals surface area contributed by atoms with E-state index in [-0.39, 0.29) is 0 Å². The molecule has 3 heteroatoms. The van der Waals surface area contributed by atoms with Crippen molar-refractivity contribution in [2.24, 2.45) is 16.3 Å². The van der Waals surface area contributed by atoms with Gasteiger partial charge in [-0.2, -0.15) is 0 Å². The summed E-state index contributed by atoms with van der Waals surface area (Å²) in [6.07, 6.45) is 9.66. The molecule has 0 heterocycles. The SMILES string of the molecule is CCCCNC(=NC)NCC1(C2CC2)CCC1. The van der Waals surface area contributed by atoms with Gasteiger partial charge in [-0.25, -0.2) is 0 Å². The van der Waals surface area contributed by atoms with Crippen LogP contribution in [-0.4, -0.2) is 26.1 Å². The Morgan fingerprint density at radius 1 is 1.29 bits per heavy atom. The van der Waals surface area contributed by atoms with Crippen LogP contribution in [0.3, 0.4) is 0 Å². The molecular weight excluding hydrogens is 210 g/mol. The van der Waals surface area contributed by atoms with Crippen molar-refractivity contribution < 1.29 is 0 Å². The number of rotatable bonds is 6. The first-order valence-electron chi connectivity index (χ1n) is 7.25. The number of nitrogens with zero attached hydrogens (tertiary/aromatic N) is 1. The van der Waals surface area contributed by atoms with E-state index in [1.54, 1.807) is 0 Å². The van der Waals surface area contributed by atoms with Crippen molar-refractivity contribution in [3.05, 3.63) is 0 Å². The molecule has 0 aromatic heterocycles. The molecule has 2 rings (SSSR count). The van der Waals surface area contributed by atoms with E-state index < -0.39 is 0 Å². The van der Waals surface area contributed by atoms with Gasteiger partial charge in [0.25, 0.3) is 0 Å². The molecule has 98 valence electrons. The van der Waals surface area contributed by atoms with Crippen molar-refractivity contribution in [1.82, 2.24) is 10.6 Å². The van der Waals surface area contributed by atoms with Gasteiger partial charge in [0.2, 0.25) is 0 Å². The first kappa shape index (κ1) is 12.7. The van der Waals surface area contributed by atoms with E-state index in [1.807, 2.05) is 7.05 Å². The fourth-order valence-corrected chi connectivity index (χ4v) is 2.92. The Balaban J connectivity index is 1.71. The predicted octanol–water partition coefficient (Wildman–Crippen LogP) is 2.53. The molecule has 2 saturated carbocycles. The van der Waals surface area contributed by atoms with Gasteiger partial charge in [-0.15, -0.1) is 0 Å². The molecular formula is C14H27N3. The molecule has 0 aromatic rings. The van der Waals surface area contributed by atoms with Gasteiger partial charge < -0.3 is 10.6 Å². The Morgan fingerprint density at radius 2 is 2.06 bits per heavy atom. The summed E-state index contributed by atoms with van der Waals surface area (Å²) in [7, 11) is 1.87. The highest BCUT2D eigenvalue weighted by Crippen LogP contribution is 2.56. The highest BCUT2D eigenvalue weighted by Gasteiger charge is 2.48. The van der Waals surface area contributed by atoms with Gasteiger partial charge in [0.05, 0.1) is 0 Å². The molecule has 17 heavy (non-hydrogen) atoms. The van der Waals surface area contributed by atoms with Crippen LogP contribution in [-0.2, 0) is 0 Å². The Morgan fingerprint density at radius 3 is 2.53 bits per heavy atom. The molecule has 0 atom stereocenters. The molecule has 0 spiro atoms. The molecule has 2 fully saturated rings. The molecule has 0 bridgehead atoms. The zero-order chi connectivity index (χ0) is 12.1. The van der Waals surface area contributed by atoms with E-state index in [4.69, 9.17) is 0 Å². The van der Waals surface area contributed by atoms with E-state index in [0.29, 0.717) is 5.41 Å². The molecule has 2 aliphatic rings. The Kier molecular flexibility index (Phi) is 4.30. The van der Waals surface area contributed by atoms with E-state index >= 15 is 0 Å². The van der Waals surface area contributed by atoms with Crippen molar-refractivity contribution in [2.45, 2.75) is 51.9 Å². The van der Waals surface area contributed by atoms with Crippen molar-refractivity contribution >= 4 is 5.96 Å². The second-order valence-corrected chi connectivity index (χ2v) is 5.70. The lowest BCUT2D eigenvalue weighted by molar-refractivity contribution is 0.106. The summed E-state index contributed by atoms with van der Waals surface area (Å²) in [5.74, 6) is 2.00. The van der Waals surface area contributed by atoms with E-state index in [0.717, 1.165) is 25.0 Å².